The van der Waals surface area contributed by atoms with Crippen LogP contribution in [-0.4, -0.2) is 14.5 Å². The summed E-state index contributed by atoms with van der Waals surface area (Å²) in [5.41, 5.74) is 0.457. The maximum atomic E-state index is 11.9. The van der Waals surface area contributed by atoms with Crippen molar-refractivity contribution in [1.29, 1.82) is 0 Å². The predicted molar refractivity (Wildman–Crippen MR) is 81.1 cm³/mol. The van der Waals surface area contributed by atoms with Gasteiger partial charge < -0.3 is 0 Å². The summed E-state index contributed by atoms with van der Waals surface area (Å²) in [7, 11) is 0. The summed E-state index contributed by atoms with van der Waals surface area (Å²) in [6, 6.07) is 4.72. The molecule has 0 aliphatic rings. The molecule has 1 aromatic heterocycles. The third-order valence-electron chi connectivity index (χ3n) is 2.45. The first kappa shape index (κ1) is 14.1. The monoisotopic (exact) mass is 435 g/mol. The molecule has 19 heavy (non-hydrogen) atoms. The van der Waals surface area contributed by atoms with Gasteiger partial charge in [-0.05, 0) is 44.1 Å². The Bertz CT molecular complexity index is 702. The number of rotatable bonds is 3. The fraction of sp³-hybridized carbons (Fsp3) is 0.0909. The number of nitrogens with zero attached hydrogens (tertiary/aromatic N) is 3. The predicted octanol–water partition coefficient (Wildman–Crippen LogP) is 2.57. The lowest BCUT2D eigenvalue weighted by molar-refractivity contribution is -0.385. The van der Waals surface area contributed by atoms with Crippen LogP contribution in [0.2, 0.25) is 0 Å². The van der Waals surface area contributed by atoms with E-state index in [0.29, 0.717) is 13.6 Å². The van der Waals surface area contributed by atoms with Gasteiger partial charge in [-0.2, -0.15) is 0 Å². The van der Waals surface area contributed by atoms with Crippen LogP contribution in [0.5, 0.6) is 0 Å². The molecule has 0 aliphatic carbocycles. The van der Waals surface area contributed by atoms with Crippen LogP contribution in [0, 0.1) is 13.7 Å². The van der Waals surface area contributed by atoms with Gasteiger partial charge in [0.1, 0.15) is 4.47 Å². The first-order valence-corrected chi connectivity index (χ1v) is 6.99. The molecule has 0 aliphatic heterocycles. The van der Waals surface area contributed by atoms with Crippen molar-refractivity contribution in [2.45, 2.75) is 6.54 Å². The van der Waals surface area contributed by atoms with Crippen molar-refractivity contribution in [3.8, 4) is 0 Å². The molecule has 8 heteroatoms. The van der Waals surface area contributed by atoms with Crippen molar-refractivity contribution in [1.82, 2.24) is 9.55 Å². The van der Waals surface area contributed by atoms with Crippen LogP contribution in [0.3, 0.4) is 0 Å². The highest BCUT2D eigenvalue weighted by atomic mass is 127. The number of nitro benzene ring substituents is 1. The molecule has 0 unspecified atom stereocenters. The second-order valence-corrected chi connectivity index (χ2v) is 5.64. The number of nitro groups is 1. The van der Waals surface area contributed by atoms with E-state index in [2.05, 4.69) is 20.9 Å². The smallest absolute Gasteiger partial charge is 0.283 e. The molecule has 0 saturated carbocycles. The van der Waals surface area contributed by atoms with E-state index in [1.165, 1.54) is 23.2 Å². The third-order valence-corrected chi connectivity index (χ3v) is 4.11. The van der Waals surface area contributed by atoms with Gasteiger partial charge in [0.15, 0.2) is 0 Å². The maximum Gasteiger partial charge on any atom is 0.283 e. The summed E-state index contributed by atoms with van der Waals surface area (Å²) in [5, 5.41) is 10.8. The van der Waals surface area contributed by atoms with Crippen LogP contribution in [-0.2, 0) is 6.54 Å². The first-order chi connectivity index (χ1) is 9.00. The lowest BCUT2D eigenvalue weighted by Crippen LogP contribution is -2.23. The van der Waals surface area contributed by atoms with Gasteiger partial charge in [0.25, 0.3) is 11.2 Å². The van der Waals surface area contributed by atoms with Crippen LogP contribution in [0.25, 0.3) is 0 Å². The van der Waals surface area contributed by atoms with Gasteiger partial charge in [-0.25, -0.2) is 4.98 Å². The van der Waals surface area contributed by atoms with Crippen LogP contribution < -0.4 is 5.56 Å². The Morgan fingerprint density at radius 3 is 2.89 bits per heavy atom. The van der Waals surface area contributed by atoms with E-state index in [0.717, 1.165) is 0 Å². The van der Waals surface area contributed by atoms with Crippen molar-refractivity contribution in [2.75, 3.05) is 0 Å². The molecule has 2 rings (SSSR count). The summed E-state index contributed by atoms with van der Waals surface area (Å²) < 4.78 is 2.29. The molecule has 98 valence electrons. The number of hydrogen-bond donors (Lipinski definition) is 0. The maximum absolute atomic E-state index is 11.9. The SMILES string of the molecule is O=c1c(I)cncn1Cc1cccc([N+](=O)[O-])c1Br. The molecule has 0 spiro atoms. The van der Waals surface area contributed by atoms with Gasteiger partial charge in [0.2, 0.25) is 0 Å². The largest absolute Gasteiger partial charge is 0.294 e. The lowest BCUT2D eigenvalue weighted by atomic mass is 10.2. The zero-order chi connectivity index (χ0) is 14.0. The Kier molecular flexibility index (Phi) is 4.30. The normalized spacial score (nSPS) is 10.4. The van der Waals surface area contributed by atoms with E-state index in [1.807, 2.05) is 22.6 Å². The van der Waals surface area contributed by atoms with Crippen LogP contribution in [0.15, 0.2) is 40.0 Å². The van der Waals surface area contributed by atoms with E-state index in [4.69, 9.17) is 0 Å². The molecule has 0 radical (unpaired) electrons. The van der Waals surface area contributed by atoms with Crippen molar-refractivity contribution in [2.24, 2.45) is 0 Å². The van der Waals surface area contributed by atoms with Crippen LogP contribution in [0.1, 0.15) is 5.56 Å². The molecule has 6 nitrogen and oxygen atoms in total. The van der Waals surface area contributed by atoms with E-state index in [-0.39, 0.29) is 17.8 Å². The molecular formula is C11H7BrIN3O3. The highest BCUT2D eigenvalue weighted by molar-refractivity contribution is 14.1. The highest BCUT2D eigenvalue weighted by Gasteiger charge is 2.15. The molecule has 2 aromatic rings. The van der Waals surface area contributed by atoms with Gasteiger partial charge in [0.05, 0.1) is 21.4 Å². The minimum Gasteiger partial charge on any atom is -0.294 e. The molecule has 1 heterocycles. The topological polar surface area (TPSA) is 78.0 Å². The Balaban J connectivity index is 2.45. The molecule has 0 atom stereocenters. The van der Waals surface area contributed by atoms with Gasteiger partial charge in [-0.1, -0.05) is 12.1 Å². The highest BCUT2D eigenvalue weighted by Crippen LogP contribution is 2.28. The Labute approximate surface area is 129 Å². The van der Waals surface area contributed by atoms with Gasteiger partial charge >= 0.3 is 0 Å². The summed E-state index contributed by atoms with van der Waals surface area (Å²) in [4.78, 5) is 26.2. The minimum absolute atomic E-state index is 0.0239. The standard InChI is InChI=1S/C11H7BrIN3O3/c12-10-7(2-1-3-9(10)16(18)19)5-15-6-14-4-8(13)11(15)17/h1-4,6H,5H2. The molecule has 0 fully saturated rings. The van der Waals surface area contributed by atoms with Crippen molar-refractivity contribution in [3.63, 3.8) is 0 Å². The molecular weight excluding hydrogens is 429 g/mol. The summed E-state index contributed by atoms with van der Waals surface area (Å²) in [5.74, 6) is 0. The van der Waals surface area contributed by atoms with Gasteiger partial charge in [-0.15, -0.1) is 0 Å². The van der Waals surface area contributed by atoms with E-state index >= 15 is 0 Å². The number of benzene rings is 1. The summed E-state index contributed by atoms with van der Waals surface area (Å²) >= 11 is 5.11. The Morgan fingerprint density at radius 1 is 1.47 bits per heavy atom. The summed E-state index contributed by atoms with van der Waals surface area (Å²) in [6.45, 7) is 0.227. The molecule has 0 bridgehead atoms. The molecule has 0 saturated heterocycles. The number of hydrogen-bond acceptors (Lipinski definition) is 4. The second kappa shape index (κ2) is 5.78. The van der Waals surface area contributed by atoms with E-state index < -0.39 is 4.92 Å². The fourth-order valence-electron chi connectivity index (χ4n) is 1.55. The third kappa shape index (κ3) is 3.00. The summed E-state index contributed by atoms with van der Waals surface area (Å²) in [6.07, 6.45) is 2.89. The molecule has 0 amide bonds. The lowest BCUT2D eigenvalue weighted by Gasteiger charge is -2.07. The average molecular weight is 436 g/mol. The van der Waals surface area contributed by atoms with Crippen molar-refractivity contribution < 1.29 is 4.92 Å². The van der Waals surface area contributed by atoms with E-state index in [9.17, 15) is 14.9 Å². The molecule has 1 aromatic carbocycles. The zero-order valence-corrected chi connectivity index (χ0v) is 13.2. The van der Waals surface area contributed by atoms with Crippen molar-refractivity contribution in [3.05, 3.63) is 64.8 Å². The fourth-order valence-corrected chi connectivity index (χ4v) is 2.55. The minimum atomic E-state index is -0.469. The first-order valence-electron chi connectivity index (χ1n) is 5.12. The quantitative estimate of drug-likeness (QED) is 0.421. The van der Waals surface area contributed by atoms with Gasteiger partial charge in [-0.3, -0.25) is 19.5 Å². The number of aromatic nitrogens is 2. The van der Waals surface area contributed by atoms with E-state index in [1.54, 1.807) is 12.1 Å². The Hall–Kier alpha value is -1.29. The van der Waals surface area contributed by atoms with Crippen LogP contribution in [0.4, 0.5) is 5.69 Å². The zero-order valence-electron chi connectivity index (χ0n) is 9.42. The number of halogens is 2. The van der Waals surface area contributed by atoms with Crippen LogP contribution >= 0.6 is 38.5 Å². The second-order valence-electron chi connectivity index (χ2n) is 3.68. The average Bonchev–Trinajstić information content (AvgIpc) is 2.37. The van der Waals surface area contributed by atoms with Gasteiger partial charge in [0, 0.05) is 12.3 Å². The molecule has 0 N–H and O–H groups in total. The Morgan fingerprint density at radius 2 is 2.21 bits per heavy atom. The van der Waals surface area contributed by atoms with Crippen molar-refractivity contribution >= 4 is 44.2 Å².